The third-order valence-corrected chi connectivity index (χ3v) is 3.46. The van der Waals surface area contributed by atoms with Gasteiger partial charge in [-0.05, 0) is 23.1 Å². The van der Waals surface area contributed by atoms with Crippen LogP contribution in [0.1, 0.15) is 16.7 Å². The average molecular weight is 214 g/mol. The summed E-state index contributed by atoms with van der Waals surface area (Å²) < 4.78 is 0. The van der Waals surface area contributed by atoms with Crippen LogP contribution in [0.25, 0.3) is 6.08 Å². The first-order valence-corrected chi connectivity index (χ1v) is 6.13. The lowest BCUT2D eigenvalue weighted by Gasteiger charge is -2.27. The van der Waals surface area contributed by atoms with Crippen LogP contribution in [0.2, 0.25) is 0 Å². The second kappa shape index (κ2) is 4.40. The molecule has 1 heterocycles. The molecule has 0 saturated carbocycles. The van der Waals surface area contributed by atoms with Crippen LogP contribution in [0.5, 0.6) is 0 Å². The Bertz CT molecular complexity index is 403. The summed E-state index contributed by atoms with van der Waals surface area (Å²) in [6.45, 7) is 5.71. The number of nitrogens with one attached hydrogen (secondary N) is 1. The Balaban J connectivity index is 1.72. The lowest BCUT2D eigenvalue weighted by molar-refractivity contribution is 0.233. The summed E-state index contributed by atoms with van der Waals surface area (Å²) in [5.41, 5.74) is 4.35. The molecule has 0 spiro atoms. The second-order valence-electron chi connectivity index (χ2n) is 4.67. The monoisotopic (exact) mass is 214 g/mol. The van der Waals surface area contributed by atoms with E-state index in [0.717, 1.165) is 26.1 Å². The van der Waals surface area contributed by atoms with E-state index in [9.17, 15) is 0 Å². The fraction of sp³-hybridized carbons (Fsp3) is 0.429. The van der Waals surface area contributed by atoms with Crippen LogP contribution in [0, 0.1) is 0 Å². The Morgan fingerprint density at radius 3 is 2.94 bits per heavy atom. The molecule has 0 radical (unpaired) electrons. The Morgan fingerprint density at radius 2 is 2.06 bits per heavy atom. The maximum atomic E-state index is 3.39. The van der Waals surface area contributed by atoms with Crippen molar-refractivity contribution >= 4 is 6.08 Å². The molecule has 1 aromatic carbocycles. The van der Waals surface area contributed by atoms with Gasteiger partial charge >= 0.3 is 0 Å². The Labute approximate surface area is 97.0 Å². The quantitative estimate of drug-likeness (QED) is 0.805. The fourth-order valence-electron chi connectivity index (χ4n) is 2.52. The molecule has 16 heavy (non-hydrogen) atoms. The summed E-state index contributed by atoms with van der Waals surface area (Å²) >= 11 is 0. The van der Waals surface area contributed by atoms with Crippen LogP contribution >= 0.6 is 0 Å². The van der Waals surface area contributed by atoms with E-state index < -0.39 is 0 Å². The highest BCUT2D eigenvalue weighted by Crippen LogP contribution is 2.21. The highest BCUT2D eigenvalue weighted by molar-refractivity contribution is 5.60. The normalized spacial score (nSPS) is 20.0. The molecule has 0 aromatic heterocycles. The van der Waals surface area contributed by atoms with Crippen molar-refractivity contribution in [3.63, 3.8) is 0 Å². The van der Waals surface area contributed by atoms with Crippen molar-refractivity contribution < 1.29 is 0 Å². The van der Waals surface area contributed by atoms with Gasteiger partial charge in [0, 0.05) is 32.7 Å². The number of rotatable bonds is 2. The summed E-state index contributed by atoms with van der Waals surface area (Å²) in [7, 11) is 0. The molecule has 84 valence electrons. The van der Waals surface area contributed by atoms with Gasteiger partial charge in [0.1, 0.15) is 0 Å². The number of fused-ring (bicyclic) bond motifs is 1. The molecule has 0 bridgehead atoms. The molecular formula is C14H18N2. The molecule has 1 aliphatic heterocycles. The molecule has 0 atom stereocenters. The van der Waals surface area contributed by atoms with Crippen molar-refractivity contribution in [3.05, 3.63) is 41.0 Å². The molecule has 0 amide bonds. The average Bonchev–Trinajstić information content (AvgIpc) is 2.77. The lowest BCUT2D eigenvalue weighted by atomic mass is 10.1. The van der Waals surface area contributed by atoms with Gasteiger partial charge in [0.25, 0.3) is 0 Å². The van der Waals surface area contributed by atoms with Crippen molar-refractivity contribution in [2.24, 2.45) is 0 Å². The predicted octanol–water partition coefficient (Wildman–Crippen LogP) is 1.66. The number of allylic oxidation sites excluding steroid dienone is 1. The zero-order valence-corrected chi connectivity index (χ0v) is 9.58. The van der Waals surface area contributed by atoms with E-state index in [1.54, 1.807) is 0 Å². The molecule has 2 heteroatoms. The number of nitrogens with zero attached hydrogens (tertiary/aromatic N) is 1. The van der Waals surface area contributed by atoms with Crippen LogP contribution in [-0.4, -0.2) is 31.1 Å². The minimum Gasteiger partial charge on any atom is -0.314 e. The van der Waals surface area contributed by atoms with E-state index in [2.05, 4.69) is 40.6 Å². The van der Waals surface area contributed by atoms with E-state index in [4.69, 9.17) is 0 Å². The fourth-order valence-corrected chi connectivity index (χ4v) is 2.52. The van der Waals surface area contributed by atoms with Gasteiger partial charge in [-0.15, -0.1) is 0 Å². The predicted molar refractivity (Wildman–Crippen MR) is 67.3 cm³/mol. The van der Waals surface area contributed by atoms with E-state index in [0.29, 0.717) is 0 Å². The third kappa shape index (κ3) is 2.04. The smallest absolute Gasteiger partial charge is 0.0235 e. The van der Waals surface area contributed by atoms with E-state index >= 15 is 0 Å². The van der Waals surface area contributed by atoms with Crippen molar-refractivity contribution in [1.29, 1.82) is 0 Å². The van der Waals surface area contributed by atoms with E-state index in [-0.39, 0.29) is 0 Å². The first-order valence-electron chi connectivity index (χ1n) is 6.13. The molecule has 1 aliphatic carbocycles. The van der Waals surface area contributed by atoms with Crippen LogP contribution < -0.4 is 5.32 Å². The molecule has 1 N–H and O–H groups in total. The van der Waals surface area contributed by atoms with Gasteiger partial charge in [0.15, 0.2) is 0 Å². The van der Waals surface area contributed by atoms with Crippen LogP contribution in [0.4, 0.5) is 0 Å². The second-order valence-corrected chi connectivity index (χ2v) is 4.67. The molecular weight excluding hydrogens is 196 g/mol. The van der Waals surface area contributed by atoms with E-state index in [1.807, 2.05) is 0 Å². The highest BCUT2D eigenvalue weighted by Gasteiger charge is 2.11. The topological polar surface area (TPSA) is 15.3 Å². The number of hydrogen-bond acceptors (Lipinski definition) is 2. The minimum absolute atomic E-state index is 1.10. The third-order valence-electron chi connectivity index (χ3n) is 3.46. The van der Waals surface area contributed by atoms with Crippen LogP contribution in [0.15, 0.2) is 24.3 Å². The van der Waals surface area contributed by atoms with Gasteiger partial charge in [-0.2, -0.15) is 0 Å². The molecule has 2 nitrogen and oxygen atoms in total. The molecule has 1 aromatic rings. The summed E-state index contributed by atoms with van der Waals surface area (Å²) in [6, 6.07) is 6.92. The van der Waals surface area contributed by atoms with Gasteiger partial charge in [-0.3, -0.25) is 4.90 Å². The summed E-state index contributed by atoms with van der Waals surface area (Å²) in [4.78, 5) is 2.52. The van der Waals surface area contributed by atoms with Gasteiger partial charge < -0.3 is 5.32 Å². The number of piperazine rings is 1. The Hall–Kier alpha value is -1.12. The van der Waals surface area contributed by atoms with Gasteiger partial charge in [0.05, 0.1) is 0 Å². The van der Waals surface area contributed by atoms with Crippen molar-refractivity contribution in [1.82, 2.24) is 10.2 Å². The lowest BCUT2D eigenvalue weighted by Crippen LogP contribution is -2.42. The maximum Gasteiger partial charge on any atom is 0.0235 e. The van der Waals surface area contributed by atoms with Crippen LogP contribution in [0.3, 0.4) is 0 Å². The standard InChI is InChI=1S/C14H18N2/c1-2-13-5-4-12(10-14(13)3-1)11-16-8-6-15-7-9-16/h1,3-5,10,15H,2,6-9,11H2. The molecule has 0 unspecified atom stereocenters. The van der Waals surface area contributed by atoms with Gasteiger partial charge in [-0.25, -0.2) is 0 Å². The summed E-state index contributed by atoms with van der Waals surface area (Å²) in [5, 5.41) is 3.39. The first-order chi connectivity index (χ1) is 7.92. The Kier molecular flexibility index (Phi) is 2.77. The minimum atomic E-state index is 1.10. The maximum absolute atomic E-state index is 3.39. The summed E-state index contributed by atoms with van der Waals surface area (Å²) in [5.74, 6) is 0. The van der Waals surface area contributed by atoms with Gasteiger partial charge in [0.2, 0.25) is 0 Å². The molecule has 1 fully saturated rings. The van der Waals surface area contributed by atoms with E-state index in [1.165, 1.54) is 29.8 Å². The zero-order valence-electron chi connectivity index (χ0n) is 9.58. The number of benzene rings is 1. The molecule has 2 aliphatic rings. The van der Waals surface area contributed by atoms with Crippen LogP contribution in [-0.2, 0) is 13.0 Å². The largest absolute Gasteiger partial charge is 0.314 e. The van der Waals surface area contributed by atoms with Crippen molar-refractivity contribution in [3.8, 4) is 0 Å². The van der Waals surface area contributed by atoms with Crippen molar-refractivity contribution in [2.75, 3.05) is 26.2 Å². The highest BCUT2D eigenvalue weighted by atomic mass is 15.2. The molecule has 3 rings (SSSR count). The molecule has 1 saturated heterocycles. The summed E-state index contributed by atoms with van der Waals surface area (Å²) in [6.07, 6.45) is 5.61. The Morgan fingerprint density at radius 1 is 1.19 bits per heavy atom. The SMILES string of the molecule is C1=Cc2cc(CN3CCNCC3)ccc2C1. The zero-order chi connectivity index (χ0) is 10.8. The van der Waals surface area contributed by atoms with Crippen molar-refractivity contribution in [2.45, 2.75) is 13.0 Å². The first kappa shape index (κ1) is 10.1. The van der Waals surface area contributed by atoms with Gasteiger partial charge in [-0.1, -0.05) is 30.4 Å². The number of hydrogen-bond donors (Lipinski definition) is 1.